The van der Waals surface area contributed by atoms with E-state index in [1.807, 2.05) is 50.2 Å². The maximum atomic E-state index is 12.7. The normalized spacial score (nSPS) is 10.8. The molecule has 4 heteroatoms. The van der Waals surface area contributed by atoms with Crippen molar-refractivity contribution in [3.05, 3.63) is 94.4 Å². The number of carbonyl (C=O) groups excluding carboxylic acids is 1. The molecule has 4 rings (SSSR count). The molecule has 0 fully saturated rings. The van der Waals surface area contributed by atoms with Gasteiger partial charge in [-0.15, -0.1) is 11.3 Å². The summed E-state index contributed by atoms with van der Waals surface area (Å²) in [7, 11) is 0. The minimum atomic E-state index is -0.120. The van der Waals surface area contributed by atoms with Gasteiger partial charge in [0.1, 0.15) is 0 Å². The molecule has 3 aromatic carbocycles. The van der Waals surface area contributed by atoms with E-state index in [4.69, 9.17) is 4.98 Å². The number of rotatable bonds is 6. The van der Waals surface area contributed by atoms with Crippen molar-refractivity contribution in [3.63, 3.8) is 0 Å². The Kier molecular flexibility index (Phi) is 6.28. The molecule has 1 N–H and O–H groups in total. The lowest BCUT2D eigenvalue weighted by atomic mass is 10.0. The van der Waals surface area contributed by atoms with Crippen LogP contribution in [0.15, 0.2) is 72.8 Å². The Labute approximate surface area is 187 Å². The molecule has 0 bridgehead atoms. The number of nitrogens with zero attached hydrogens (tertiary/aromatic N) is 1. The van der Waals surface area contributed by atoms with E-state index in [-0.39, 0.29) is 5.91 Å². The molecular formula is C27H26N2OS. The lowest BCUT2D eigenvalue weighted by Crippen LogP contribution is -2.12. The Morgan fingerprint density at radius 2 is 1.55 bits per heavy atom. The van der Waals surface area contributed by atoms with Gasteiger partial charge in [0, 0.05) is 16.0 Å². The van der Waals surface area contributed by atoms with Crippen LogP contribution in [0.3, 0.4) is 0 Å². The Morgan fingerprint density at radius 3 is 2.23 bits per heavy atom. The third-order valence-electron chi connectivity index (χ3n) is 5.43. The van der Waals surface area contributed by atoms with Gasteiger partial charge >= 0.3 is 0 Å². The number of benzene rings is 3. The van der Waals surface area contributed by atoms with Gasteiger partial charge in [0.05, 0.1) is 5.69 Å². The first kappa shape index (κ1) is 21.0. The number of carbonyl (C=O) groups is 1. The van der Waals surface area contributed by atoms with Crippen molar-refractivity contribution in [2.24, 2.45) is 0 Å². The van der Waals surface area contributed by atoms with E-state index in [0.717, 1.165) is 29.7 Å². The van der Waals surface area contributed by atoms with Crippen LogP contribution in [0.1, 0.15) is 39.7 Å². The van der Waals surface area contributed by atoms with Gasteiger partial charge in [0.25, 0.3) is 5.91 Å². The molecule has 0 atom stereocenters. The molecule has 3 nitrogen and oxygen atoms in total. The molecular weight excluding hydrogens is 400 g/mol. The van der Waals surface area contributed by atoms with Crippen LogP contribution < -0.4 is 5.32 Å². The fourth-order valence-electron chi connectivity index (χ4n) is 3.53. The fraction of sp³-hybridized carbons (Fsp3) is 0.185. The number of hydrogen-bond donors (Lipinski definition) is 1. The predicted octanol–water partition coefficient (Wildman–Crippen LogP) is 7.30. The molecule has 1 amide bonds. The number of hydrogen-bond acceptors (Lipinski definition) is 3. The number of aryl methyl sites for hydroxylation is 3. The van der Waals surface area contributed by atoms with Crippen molar-refractivity contribution in [2.75, 3.05) is 5.32 Å². The summed E-state index contributed by atoms with van der Waals surface area (Å²) in [6, 6.07) is 24.6. The smallest absolute Gasteiger partial charge is 0.257 e. The van der Waals surface area contributed by atoms with E-state index in [2.05, 4.69) is 48.6 Å². The Balaban J connectivity index is 1.60. The molecule has 0 unspecified atom stereocenters. The minimum Gasteiger partial charge on any atom is -0.298 e. The molecule has 4 aromatic rings. The highest BCUT2D eigenvalue weighted by Gasteiger charge is 2.16. The van der Waals surface area contributed by atoms with E-state index in [0.29, 0.717) is 10.7 Å². The summed E-state index contributed by atoms with van der Waals surface area (Å²) in [4.78, 5) is 18.7. The Morgan fingerprint density at radius 1 is 0.871 bits per heavy atom. The van der Waals surface area contributed by atoms with Gasteiger partial charge in [-0.25, -0.2) is 4.98 Å². The summed E-state index contributed by atoms with van der Waals surface area (Å²) in [6.07, 6.45) is 1.97. The molecule has 0 aliphatic heterocycles. The number of thiazole rings is 1. The highest BCUT2D eigenvalue weighted by Crippen LogP contribution is 2.33. The highest BCUT2D eigenvalue weighted by molar-refractivity contribution is 7.16. The summed E-state index contributed by atoms with van der Waals surface area (Å²) in [6.45, 7) is 6.23. The van der Waals surface area contributed by atoms with Crippen LogP contribution in [0.4, 0.5) is 5.13 Å². The zero-order chi connectivity index (χ0) is 21.8. The summed E-state index contributed by atoms with van der Waals surface area (Å²) >= 11 is 1.57. The van der Waals surface area contributed by atoms with Gasteiger partial charge < -0.3 is 0 Å². The lowest BCUT2D eigenvalue weighted by molar-refractivity contribution is 0.102. The first-order valence-electron chi connectivity index (χ1n) is 10.6. The van der Waals surface area contributed by atoms with E-state index in [1.165, 1.54) is 21.6 Å². The van der Waals surface area contributed by atoms with Crippen LogP contribution in [0.2, 0.25) is 0 Å². The van der Waals surface area contributed by atoms with Gasteiger partial charge in [-0.05, 0) is 54.7 Å². The van der Waals surface area contributed by atoms with Crippen molar-refractivity contribution in [1.82, 2.24) is 4.98 Å². The van der Waals surface area contributed by atoms with Crippen LogP contribution in [-0.2, 0) is 6.42 Å². The molecule has 0 spiro atoms. The maximum absolute atomic E-state index is 12.7. The van der Waals surface area contributed by atoms with E-state index in [9.17, 15) is 4.79 Å². The lowest BCUT2D eigenvalue weighted by Gasteiger charge is -2.05. The molecule has 0 saturated heterocycles. The standard InChI is InChI=1S/C27H26N2OS/c1-4-8-24-25(22-15-13-21(14-16-22)20-9-6-5-7-10-20)28-27(31-24)29-26(30)23-12-11-18(2)19(3)17-23/h5-7,9-17H,4,8H2,1-3H3,(H,28,29,30). The van der Waals surface area contributed by atoms with Crippen LogP contribution >= 0.6 is 11.3 Å². The monoisotopic (exact) mass is 426 g/mol. The van der Waals surface area contributed by atoms with Gasteiger partial charge in [-0.1, -0.05) is 74.0 Å². The molecule has 31 heavy (non-hydrogen) atoms. The van der Waals surface area contributed by atoms with Crippen molar-refractivity contribution >= 4 is 22.4 Å². The van der Waals surface area contributed by atoms with Crippen molar-refractivity contribution in [3.8, 4) is 22.4 Å². The van der Waals surface area contributed by atoms with Crippen LogP contribution in [0.25, 0.3) is 22.4 Å². The molecule has 1 aromatic heterocycles. The fourth-order valence-corrected chi connectivity index (χ4v) is 4.61. The second kappa shape index (κ2) is 9.27. The average molecular weight is 427 g/mol. The van der Waals surface area contributed by atoms with Crippen LogP contribution in [0.5, 0.6) is 0 Å². The molecule has 0 aliphatic carbocycles. The van der Waals surface area contributed by atoms with Gasteiger partial charge in [-0.3, -0.25) is 10.1 Å². The minimum absolute atomic E-state index is 0.120. The van der Waals surface area contributed by atoms with Crippen molar-refractivity contribution in [1.29, 1.82) is 0 Å². The largest absolute Gasteiger partial charge is 0.298 e. The summed E-state index contributed by atoms with van der Waals surface area (Å²) in [5.74, 6) is -0.120. The Hall–Kier alpha value is -3.24. The quantitative estimate of drug-likeness (QED) is 0.351. The van der Waals surface area contributed by atoms with Gasteiger partial charge in [-0.2, -0.15) is 0 Å². The van der Waals surface area contributed by atoms with Crippen LogP contribution in [-0.4, -0.2) is 10.9 Å². The zero-order valence-corrected chi connectivity index (χ0v) is 18.9. The predicted molar refractivity (Wildman–Crippen MR) is 131 cm³/mol. The number of anilines is 1. The van der Waals surface area contributed by atoms with Crippen molar-refractivity contribution < 1.29 is 4.79 Å². The van der Waals surface area contributed by atoms with E-state index < -0.39 is 0 Å². The van der Waals surface area contributed by atoms with Crippen LogP contribution in [0, 0.1) is 13.8 Å². The summed E-state index contributed by atoms with van der Waals surface area (Å²) in [5, 5.41) is 3.65. The number of amides is 1. The third kappa shape index (κ3) is 4.75. The van der Waals surface area contributed by atoms with E-state index >= 15 is 0 Å². The highest BCUT2D eigenvalue weighted by atomic mass is 32.1. The van der Waals surface area contributed by atoms with Crippen molar-refractivity contribution in [2.45, 2.75) is 33.6 Å². The molecule has 0 saturated carbocycles. The molecule has 0 aliphatic rings. The second-order valence-corrected chi connectivity index (χ2v) is 8.82. The first-order valence-corrected chi connectivity index (χ1v) is 11.4. The number of nitrogens with one attached hydrogen (secondary N) is 1. The SMILES string of the molecule is CCCc1sc(NC(=O)c2ccc(C)c(C)c2)nc1-c1ccc(-c2ccccc2)cc1. The number of aromatic nitrogens is 1. The second-order valence-electron chi connectivity index (χ2n) is 7.74. The third-order valence-corrected chi connectivity index (χ3v) is 6.46. The topological polar surface area (TPSA) is 42.0 Å². The zero-order valence-electron chi connectivity index (χ0n) is 18.1. The first-order chi connectivity index (χ1) is 15.0. The summed E-state index contributed by atoms with van der Waals surface area (Å²) < 4.78 is 0. The Bertz CT molecular complexity index is 1190. The average Bonchev–Trinajstić information content (AvgIpc) is 3.18. The molecule has 0 radical (unpaired) electrons. The van der Waals surface area contributed by atoms with Gasteiger partial charge in [0.2, 0.25) is 0 Å². The molecule has 156 valence electrons. The molecule has 1 heterocycles. The maximum Gasteiger partial charge on any atom is 0.257 e. The van der Waals surface area contributed by atoms with E-state index in [1.54, 1.807) is 11.3 Å². The van der Waals surface area contributed by atoms with Gasteiger partial charge in [0.15, 0.2) is 5.13 Å². The summed E-state index contributed by atoms with van der Waals surface area (Å²) in [5.41, 5.74) is 7.36.